The standard InChI is InChI=1S/C14H19ClN2O2/c1-19-13-5-3-2-4-12(13)16-11-6-8-17(9-7-11)14(18)10-15/h2-5,11,16H,6-10H2,1H3. The molecule has 1 amide bonds. The van der Waals surface area contributed by atoms with Crippen LogP contribution in [0.1, 0.15) is 12.8 Å². The van der Waals surface area contributed by atoms with Crippen LogP contribution >= 0.6 is 11.6 Å². The number of amides is 1. The molecule has 1 aromatic rings. The molecule has 1 fully saturated rings. The maximum Gasteiger partial charge on any atom is 0.237 e. The number of carbonyl (C=O) groups is 1. The number of nitrogens with one attached hydrogen (secondary N) is 1. The first-order valence-corrected chi connectivity index (χ1v) is 7.01. The molecule has 1 N–H and O–H groups in total. The highest BCUT2D eigenvalue weighted by Gasteiger charge is 2.22. The van der Waals surface area contributed by atoms with Gasteiger partial charge in [0.15, 0.2) is 0 Å². The largest absolute Gasteiger partial charge is 0.495 e. The first-order chi connectivity index (χ1) is 9.24. The SMILES string of the molecule is COc1ccccc1NC1CCN(C(=O)CCl)CC1. The van der Waals surface area contributed by atoms with Crippen molar-refractivity contribution >= 4 is 23.2 Å². The van der Waals surface area contributed by atoms with E-state index in [0.717, 1.165) is 37.4 Å². The summed E-state index contributed by atoms with van der Waals surface area (Å²) in [5.74, 6) is 0.948. The van der Waals surface area contributed by atoms with Crippen LogP contribution in [0.25, 0.3) is 0 Å². The van der Waals surface area contributed by atoms with Gasteiger partial charge in [-0.25, -0.2) is 0 Å². The minimum atomic E-state index is 0.0254. The van der Waals surface area contributed by atoms with Gasteiger partial charge in [-0.1, -0.05) is 12.1 Å². The van der Waals surface area contributed by atoms with Crippen LogP contribution in [0.3, 0.4) is 0 Å². The van der Waals surface area contributed by atoms with E-state index in [2.05, 4.69) is 5.32 Å². The molecule has 0 radical (unpaired) electrons. The summed E-state index contributed by atoms with van der Waals surface area (Å²) in [5.41, 5.74) is 1.01. The molecule has 1 aromatic carbocycles. The van der Waals surface area contributed by atoms with Crippen LogP contribution in [-0.4, -0.2) is 42.9 Å². The zero-order valence-corrected chi connectivity index (χ0v) is 11.8. The third-order valence-electron chi connectivity index (χ3n) is 3.43. The molecular formula is C14H19ClN2O2. The molecule has 1 saturated heterocycles. The summed E-state index contributed by atoms with van der Waals surface area (Å²) in [6.45, 7) is 1.52. The molecule has 1 heterocycles. The number of hydrogen-bond donors (Lipinski definition) is 1. The Labute approximate surface area is 118 Å². The summed E-state index contributed by atoms with van der Waals surface area (Å²) in [5, 5.41) is 3.48. The monoisotopic (exact) mass is 282 g/mol. The minimum absolute atomic E-state index is 0.0254. The van der Waals surface area contributed by atoms with Gasteiger partial charge >= 0.3 is 0 Å². The van der Waals surface area contributed by atoms with Gasteiger partial charge in [0.1, 0.15) is 11.6 Å². The molecule has 2 rings (SSSR count). The summed E-state index contributed by atoms with van der Waals surface area (Å²) in [6, 6.07) is 8.25. The van der Waals surface area contributed by atoms with E-state index in [9.17, 15) is 4.79 Å². The number of likely N-dealkylation sites (tertiary alicyclic amines) is 1. The zero-order valence-electron chi connectivity index (χ0n) is 11.1. The number of carbonyl (C=O) groups excluding carboxylic acids is 1. The predicted octanol–water partition coefficient (Wildman–Crippen LogP) is 2.34. The number of piperidine rings is 1. The van der Waals surface area contributed by atoms with E-state index >= 15 is 0 Å². The van der Waals surface area contributed by atoms with Crippen molar-refractivity contribution in [2.45, 2.75) is 18.9 Å². The van der Waals surface area contributed by atoms with Gasteiger partial charge in [-0.05, 0) is 25.0 Å². The average Bonchev–Trinajstić information content (AvgIpc) is 2.48. The molecular weight excluding hydrogens is 264 g/mol. The molecule has 104 valence electrons. The number of methoxy groups -OCH3 is 1. The molecule has 1 aliphatic rings. The van der Waals surface area contributed by atoms with Gasteiger partial charge in [-0.2, -0.15) is 0 Å². The Morgan fingerprint density at radius 2 is 2.11 bits per heavy atom. The fraction of sp³-hybridized carbons (Fsp3) is 0.500. The number of benzene rings is 1. The summed E-state index contributed by atoms with van der Waals surface area (Å²) in [7, 11) is 1.67. The van der Waals surface area contributed by atoms with Crippen LogP contribution in [0.2, 0.25) is 0 Å². The molecule has 0 bridgehead atoms. The van der Waals surface area contributed by atoms with Crippen LogP contribution in [0.4, 0.5) is 5.69 Å². The number of para-hydroxylation sites is 2. The van der Waals surface area contributed by atoms with Crippen molar-refractivity contribution < 1.29 is 9.53 Å². The third-order valence-corrected chi connectivity index (χ3v) is 3.66. The van der Waals surface area contributed by atoms with Crippen LogP contribution in [-0.2, 0) is 4.79 Å². The Morgan fingerprint density at radius 3 is 2.74 bits per heavy atom. The molecule has 0 aliphatic carbocycles. The lowest BCUT2D eigenvalue weighted by Gasteiger charge is -2.32. The second kappa shape index (κ2) is 6.66. The number of halogens is 1. The molecule has 0 saturated carbocycles. The van der Waals surface area contributed by atoms with E-state index in [4.69, 9.17) is 16.3 Å². The van der Waals surface area contributed by atoms with Gasteiger partial charge < -0.3 is 15.0 Å². The van der Waals surface area contributed by atoms with Crippen molar-refractivity contribution in [1.29, 1.82) is 0 Å². The third kappa shape index (κ3) is 3.53. The van der Waals surface area contributed by atoms with Gasteiger partial charge in [-0.15, -0.1) is 11.6 Å². The van der Waals surface area contributed by atoms with Crippen molar-refractivity contribution in [3.05, 3.63) is 24.3 Å². The van der Waals surface area contributed by atoms with Crippen molar-refractivity contribution in [1.82, 2.24) is 4.90 Å². The number of ether oxygens (including phenoxy) is 1. The van der Waals surface area contributed by atoms with E-state index in [-0.39, 0.29) is 11.8 Å². The predicted molar refractivity (Wildman–Crippen MR) is 76.9 cm³/mol. The number of hydrogen-bond acceptors (Lipinski definition) is 3. The van der Waals surface area contributed by atoms with Crippen molar-refractivity contribution in [2.75, 3.05) is 31.4 Å². The van der Waals surface area contributed by atoms with E-state index in [1.165, 1.54) is 0 Å². The van der Waals surface area contributed by atoms with Crippen LogP contribution in [0.15, 0.2) is 24.3 Å². The molecule has 4 nitrogen and oxygen atoms in total. The number of nitrogens with zero attached hydrogens (tertiary/aromatic N) is 1. The molecule has 0 aromatic heterocycles. The minimum Gasteiger partial charge on any atom is -0.495 e. The maximum atomic E-state index is 11.5. The first-order valence-electron chi connectivity index (χ1n) is 6.48. The number of alkyl halides is 1. The maximum absolute atomic E-state index is 11.5. The summed E-state index contributed by atoms with van der Waals surface area (Å²) >= 11 is 5.57. The lowest BCUT2D eigenvalue weighted by molar-refractivity contribution is -0.129. The van der Waals surface area contributed by atoms with Crippen LogP contribution in [0.5, 0.6) is 5.75 Å². The smallest absolute Gasteiger partial charge is 0.237 e. The molecule has 0 spiro atoms. The van der Waals surface area contributed by atoms with Gasteiger partial charge in [0.25, 0.3) is 0 Å². The van der Waals surface area contributed by atoms with Gasteiger partial charge in [0.05, 0.1) is 12.8 Å². The highest BCUT2D eigenvalue weighted by molar-refractivity contribution is 6.27. The number of rotatable bonds is 4. The lowest BCUT2D eigenvalue weighted by Crippen LogP contribution is -2.42. The Bertz CT molecular complexity index is 431. The highest BCUT2D eigenvalue weighted by atomic mass is 35.5. The van der Waals surface area contributed by atoms with Gasteiger partial charge in [0, 0.05) is 19.1 Å². The van der Waals surface area contributed by atoms with Crippen LogP contribution in [0, 0.1) is 0 Å². The summed E-state index contributed by atoms with van der Waals surface area (Å²) in [4.78, 5) is 13.3. The van der Waals surface area contributed by atoms with E-state index < -0.39 is 0 Å². The number of anilines is 1. The van der Waals surface area contributed by atoms with Gasteiger partial charge in [0.2, 0.25) is 5.91 Å². The Hall–Kier alpha value is -1.42. The lowest BCUT2D eigenvalue weighted by atomic mass is 10.0. The van der Waals surface area contributed by atoms with Crippen molar-refractivity contribution in [3.63, 3.8) is 0 Å². The second-order valence-corrected chi connectivity index (χ2v) is 4.90. The van der Waals surface area contributed by atoms with E-state index in [1.54, 1.807) is 7.11 Å². The summed E-state index contributed by atoms with van der Waals surface area (Å²) in [6.07, 6.45) is 1.86. The molecule has 0 unspecified atom stereocenters. The molecule has 19 heavy (non-hydrogen) atoms. The van der Waals surface area contributed by atoms with Gasteiger partial charge in [-0.3, -0.25) is 4.79 Å². The molecule has 5 heteroatoms. The normalized spacial score (nSPS) is 16.2. The Kier molecular flexibility index (Phi) is 4.91. The zero-order chi connectivity index (χ0) is 13.7. The second-order valence-electron chi connectivity index (χ2n) is 4.63. The average molecular weight is 283 g/mol. The fourth-order valence-electron chi connectivity index (χ4n) is 2.34. The topological polar surface area (TPSA) is 41.6 Å². The fourth-order valence-corrected chi connectivity index (χ4v) is 2.51. The Morgan fingerprint density at radius 1 is 1.42 bits per heavy atom. The van der Waals surface area contributed by atoms with Crippen molar-refractivity contribution in [3.8, 4) is 5.75 Å². The molecule has 1 aliphatic heterocycles. The van der Waals surface area contributed by atoms with Crippen molar-refractivity contribution in [2.24, 2.45) is 0 Å². The summed E-state index contributed by atoms with van der Waals surface area (Å²) < 4.78 is 5.32. The first kappa shape index (κ1) is 14.0. The quantitative estimate of drug-likeness (QED) is 0.862. The molecule has 0 atom stereocenters. The van der Waals surface area contributed by atoms with E-state index in [1.807, 2.05) is 29.2 Å². The van der Waals surface area contributed by atoms with Crippen LogP contribution < -0.4 is 10.1 Å². The highest BCUT2D eigenvalue weighted by Crippen LogP contribution is 2.26. The van der Waals surface area contributed by atoms with E-state index in [0.29, 0.717) is 6.04 Å². The Balaban J connectivity index is 1.90.